The van der Waals surface area contributed by atoms with Gasteiger partial charge in [0.25, 0.3) is 0 Å². The van der Waals surface area contributed by atoms with Gasteiger partial charge in [-0.05, 0) is 25.3 Å². The quantitative estimate of drug-likeness (QED) is 0.780. The molecule has 1 aromatic carbocycles. The Balaban J connectivity index is 2.13. The normalized spacial score (nSPS) is 16.9. The molecule has 19 heavy (non-hydrogen) atoms. The zero-order valence-electron chi connectivity index (χ0n) is 11.4. The monoisotopic (exact) mass is 256 g/mol. The Morgan fingerprint density at radius 2 is 2.11 bits per heavy atom. The van der Waals surface area contributed by atoms with E-state index in [4.69, 9.17) is 5.10 Å². The first-order valence-electron chi connectivity index (χ1n) is 7.29. The van der Waals surface area contributed by atoms with Gasteiger partial charge < -0.3 is 0 Å². The van der Waals surface area contributed by atoms with Crippen molar-refractivity contribution in [3.05, 3.63) is 29.5 Å². The largest absolute Gasteiger partial charge is 0.298 e. The number of nitrogens with zero attached hydrogens (tertiary/aromatic N) is 2. The average Bonchev–Trinajstić information content (AvgIpc) is 2.86. The molecule has 100 valence electrons. The Morgan fingerprint density at radius 3 is 2.79 bits per heavy atom. The Bertz CT molecular complexity index is 594. The minimum Gasteiger partial charge on any atom is -0.298 e. The van der Waals surface area contributed by atoms with E-state index < -0.39 is 0 Å². The molecule has 2 aromatic rings. The second-order valence-electron chi connectivity index (χ2n) is 5.43. The lowest BCUT2D eigenvalue weighted by Crippen LogP contribution is -2.14. The summed E-state index contributed by atoms with van der Waals surface area (Å²) >= 11 is 0. The summed E-state index contributed by atoms with van der Waals surface area (Å²) in [7, 11) is 0. The molecule has 0 saturated heterocycles. The van der Waals surface area contributed by atoms with Crippen LogP contribution in [0.15, 0.2) is 18.2 Å². The first-order valence-corrected chi connectivity index (χ1v) is 7.29. The molecule has 1 heterocycles. The van der Waals surface area contributed by atoms with E-state index in [0.717, 1.165) is 29.5 Å². The molecule has 0 spiro atoms. The highest BCUT2D eigenvalue weighted by Crippen LogP contribution is 2.32. The fourth-order valence-electron chi connectivity index (χ4n) is 3.16. The van der Waals surface area contributed by atoms with Gasteiger partial charge in [0, 0.05) is 10.9 Å². The van der Waals surface area contributed by atoms with Crippen LogP contribution in [-0.2, 0) is 6.42 Å². The summed E-state index contributed by atoms with van der Waals surface area (Å²) in [6.45, 7) is 2.14. The van der Waals surface area contributed by atoms with Crippen LogP contribution in [0.5, 0.6) is 0 Å². The zero-order valence-corrected chi connectivity index (χ0v) is 11.4. The zero-order chi connectivity index (χ0) is 13.2. The molecule has 3 nitrogen and oxygen atoms in total. The first-order chi connectivity index (χ1) is 9.33. The predicted octanol–water partition coefficient (Wildman–Crippen LogP) is 3.92. The maximum atomic E-state index is 11.0. The highest BCUT2D eigenvalue weighted by atomic mass is 16.1. The second-order valence-corrected chi connectivity index (χ2v) is 5.43. The minimum absolute atomic E-state index is 0.512. The molecule has 0 aliphatic heterocycles. The smallest absolute Gasteiger partial charge is 0.150 e. The maximum absolute atomic E-state index is 11.0. The van der Waals surface area contributed by atoms with Crippen LogP contribution in [0.3, 0.4) is 0 Å². The highest BCUT2D eigenvalue weighted by Gasteiger charge is 2.20. The number of fused-ring (bicyclic) bond motifs is 1. The second kappa shape index (κ2) is 5.16. The Labute approximate surface area is 113 Å². The number of hydrogen-bond acceptors (Lipinski definition) is 2. The van der Waals surface area contributed by atoms with Gasteiger partial charge in [-0.15, -0.1) is 0 Å². The molecule has 1 aliphatic carbocycles. The number of carbonyl (C=O) groups is 1. The summed E-state index contributed by atoms with van der Waals surface area (Å²) in [6, 6.07) is 6.44. The van der Waals surface area contributed by atoms with E-state index in [-0.39, 0.29) is 0 Å². The number of hydrogen-bond donors (Lipinski definition) is 0. The molecule has 0 amide bonds. The number of rotatable bonds is 3. The van der Waals surface area contributed by atoms with Gasteiger partial charge in [0.2, 0.25) is 0 Å². The van der Waals surface area contributed by atoms with Crippen molar-refractivity contribution >= 4 is 17.2 Å². The number of carbonyl (C=O) groups excluding carboxylic acids is 1. The van der Waals surface area contributed by atoms with Gasteiger partial charge in [0.05, 0.1) is 17.3 Å². The van der Waals surface area contributed by atoms with Crippen molar-refractivity contribution in [1.82, 2.24) is 9.78 Å². The van der Waals surface area contributed by atoms with E-state index in [2.05, 4.69) is 11.6 Å². The van der Waals surface area contributed by atoms with Crippen LogP contribution in [0.2, 0.25) is 0 Å². The fourth-order valence-corrected chi connectivity index (χ4v) is 3.16. The van der Waals surface area contributed by atoms with Crippen LogP contribution in [0.25, 0.3) is 10.9 Å². The maximum Gasteiger partial charge on any atom is 0.150 e. The van der Waals surface area contributed by atoms with Gasteiger partial charge in [-0.3, -0.25) is 9.48 Å². The summed E-state index contributed by atoms with van der Waals surface area (Å²) in [5.74, 6) is 0. The Morgan fingerprint density at radius 1 is 1.32 bits per heavy atom. The third-order valence-electron chi connectivity index (χ3n) is 4.20. The van der Waals surface area contributed by atoms with Crippen LogP contribution in [0.4, 0.5) is 0 Å². The number of aldehydes is 1. The van der Waals surface area contributed by atoms with Crippen LogP contribution in [0.1, 0.15) is 61.1 Å². The van der Waals surface area contributed by atoms with Crippen molar-refractivity contribution in [1.29, 1.82) is 0 Å². The molecule has 0 atom stereocenters. The molecule has 0 unspecified atom stereocenters. The van der Waals surface area contributed by atoms with Gasteiger partial charge in [0.1, 0.15) is 6.29 Å². The molecule has 0 radical (unpaired) electrons. The van der Waals surface area contributed by atoms with Gasteiger partial charge in [-0.2, -0.15) is 5.10 Å². The predicted molar refractivity (Wildman–Crippen MR) is 76.6 cm³/mol. The lowest BCUT2D eigenvalue weighted by molar-refractivity contribution is 0.112. The molecule has 0 bridgehead atoms. The molecule has 1 fully saturated rings. The van der Waals surface area contributed by atoms with Crippen molar-refractivity contribution in [2.75, 3.05) is 0 Å². The van der Waals surface area contributed by atoms with Crippen molar-refractivity contribution in [3.63, 3.8) is 0 Å². The Hall–Kier alpha value is -1.64. The fraction of sp³-hybridized carbons (Fsp3) is 0.500. The van der Waals surface area contributed by atoms with Crippen molar-refractivity contribution < 1.29 is 4.79 Å². The van der Waals surface area contributed by atoms with E-state index in [0.29, 0.717) is 6.04 Å². The topological polar surface area (TPSA) is 34.9 Å². The molecular formula is C16H20N2O. The van der Waals surface area contributed by atoms with E-state index in [1.807, 2.05) is 18.2 Å². The van der Waals surface area contributed by atoms with Gasteiger partial charge in [-0.1, -0.05) is 38.3 Å². The average molecular weight is 256 g/mol. The van der Waals surface area contributed by atoms with Gasteiger partial charge in [-0.25, -0.2) is 0 Å². The van der Waals surface area contributed by atoms with Crippen LogP contribution in [0, 0.1) is 0 Å². The summed E-state index contributed by atoms with van der Waals surface area (Å²) in [5, 5.41) is 6.01. The lowest BCUT2D eigenvalue weighted by Gasteiger charge is -2.22. The van der Waals surface area contributed by atoms with Crippen LogP contribution >= 0.6 is 0 Å². The molecule has 1 saturated carbocycles. The third kappa shape index (κ3) is 2.18. The van der Waals surface area contributed by atoms with E-state index >= 15 is 0 Å². The number of aryl methyl sites for hydroxylation is 1. The standard InChI is InChI=1S/C16H20N2O/c1-2-15-14-9-8-12(11-19)10-16(14)18(17-15)13-6-4-3-5-7-13/h8-11,13H,2-7H2,1H3. The first kappa shape index (κ1) is 12.4. The van der Waals surface area contributed by atoms with Gasteiger partial charge in [0.15, 0.2) is 0 Å². The number of aromatic nitrogens is 2. The molecular weight excluding hydrogens is 236 g/mol. The van der Waals surface area contributed by atoms with Crippen molar-refractivity contribution in [2.24, 2.45) is 0 Å². The minimum atomic E-state index is 0.512. The van der Waals surface area contributed by atoms with Crippen LogP contribution < -0.4 is 0 Å². The highest BCUT2D eigenvalue weighted by molar-refractivity contribution is 5.88. The summed E-state index contributed by atoms with van der Waals surface area (Å²) in [5.41, 5.74) is 3.03. The Kier molecular flexibility index (Phi) is 3.36. The van der Waals surface area contributed by atoms with Crippen molar-refractivity contribution in [3.8, 4) is 0 Å². The van der Waals surface area contributed by atoms with E-state index in [1.54, 1.807) is 0 Å². The molecule has 1 aromatic heterocycles. The molecule has 0 N–H and O–H groups in total. The van der Waals surface area contributed by atoms with E-state index in [9.17, 15) is 4.79 Å². The SMILES string of the molecule is CCc1nn(C2CCCCC2)c2cc(C=O)ccc12. The number of benzene rings is 1. The third-order valence-corrected chi connectivity index (χ3v) is 4.20. The molecule has 1 aliphatic rings. The molecule has 3 heteroatoms. The van der Waals surface area contributed by atoms with E-state index in [1.165, 1.54) is 37.5 Å². The summed E-state index contributed by atoms with van der Waals surface area (Å²) in [4.78, 5) is 11.0. The van der Waals surface area contributed by atoms with Gasteiger partial charge >= 0.3 is 0 Å². The van der Waals surface area contributed by atoms with Crippen molar-refractivity contribution in [2.45, 2.75) is 51.5 Å². The summed E-state index contributed by atoms with van der Waals surface area (Å²) < 4.78 is 2.18. The molecule has 3 rings (SSSR count). The lowest BCUT2D eigenvalue weighted by atomic mass is 9.95. The van der Waals surface area contributed by atoms with Crippen LogP contribution in [-0.4, -0.2) is 16.1 Å². The summed E-state index contributed by atoms with van der Waals surface area (Å²) in [6.07, 6.45) is 8.22.